The van der Waals surface area contributed by atoms with Gasteiger partial charge in [-0.05, 0) is 29.0 Å². The molecule has 0 saturated carbocycles. The van der Waals surface area contributed by atoms with Crippen molar-refractivity contribution >= 4 is 17.3 Å². The predicted octanol–water partition coefficient (Wildman–Crippen LogP) is 2.54. The fraction of sp³-hybridized carbons (Fsp3) is 0.312. The van der Waals surface area contributed by atoms with Gasteiger partial charge in [0.15, 0.2) is 5.96 Å². The highest BCUT2D eigenvalue weighted by atomic mass is 32.1. The number of benzene rings is 1. The van der Waals surface area contributed by atoms with Crippen LogP contribution >= 0.6 is 11.3 Å². The van der Waals surface area contributed by atoms with Crippen molar-refractivity contribution in [1.29, 1.82) is 0 Å². The second kappa shape index (κ2) is 8.44. The van der Waals surface area contributed by atoms with E-state index in [0.29, 0.717) is 19.1 Å². The molecule has 1 aromatic heterocycles. The summed E-state index contributed by atoms with van der Waals surface area (Å²) in [4.78, 5) is 5.71. The van der Waals surface area contributed by atoms with Crippen molar-refractivity contribution in [2.75, 3.05) is 13.7 Å². The molecule has 0 unspecified atom stereocenters. The predicted molar refractivity (Wildman–Crippen MR) is 88.5 cm³/mol. The average molecular weight is 303 g/mol. The molecule has 21 heavy (non-hydrogen) atoms. The summed E-state index contributed by atoms with van der Waals surface area (Å²) in [5.41, 5.74) is 8.15. The van der Waals surface area contributed by atoms with Crippen LogP contribution in [-0.4, -0.2) is 19.6 Å². The molecule has 4 nitrogen and oxygen atoms in total. The lowest BCUT2D eigenvalue weighted by atomic mass is 10.1. The Hall–Kier alpha value is -1.85. The number of aliphatic imine (C=N–C) groups is 1. The van der Waals surface area contributed by atoms with Gasteiger partial charge in [0, 0.05) is 18.5 Å². The highest BCUT2D eigenvalue weighted by Crippen LogP contribution is 2.08. The number of rotatable bonds is 7. The van der Waals surface area contributed by atoms with Gasteiger partial charge in [-0.25, -0.2) is 4.99 Å². The van der Waals surface area contributed by atoms with Gasteiger partial charge in [0.1, 0.15) is 0 Å². The molecular weight excluding hydrogens is 282 g/mol. The summed E-state index contributed by atoms with van der Waals surface area (Å²) in [6.45, 7) is 2.00. The summed E-state index contributed by atoms with van der Waals surface area (Å²) in [7, 11) is 1.69. The zero-order valence-corrected chi connectivity index (χ0v) is 13.0. The van der Waals surface area contributed by atoms with Gasteiger partial charge in [0.05, 0.1) is 13.2 Å². The maximum atomic E-state index is 5.88. The number of nitrogens with one attached hydrogen (secondary N) is 1. The Labute approximate surface area is 129 Å². The smallest absolute Gasteiger partial charge is 0.188 e. The molecule has 1 heterocycles. The minimum Gasteiger partial charge on any atom is -0.380 e. The van der Waals surface area contributed by atoms with Gasteiger partial charge in [-0.2, -0.15) is 0 Å². The molecule has 0 spiro atoms. The molecule has 0 aliphatic carbocycles. The maximum Gasteiger partial charge on any atom is 0.188 e. The average Bonchev–Trinajstić information content (AvgIpc) is 2.99. The van der Waals surface area contributed by atoms with E-state index in [9.17, 15) is 0 Å². The molecule has 0 aliphatic rings. The minimum atomic E-state index is 0.490. The Morgan fingerprint density at radius 2 is 2.14 bits per heavy atom. The Morgan fingerprint density at radius 1 is 1.29 bits per heavy atom. The van der Waals surface area contributed by atoms with E-state index in [4.69, 9.17) is 10.5 Å². The molecule has 0 bridgehead atoms. The Morgan fingerprint density at radius 3 is 2.90 bits per heavy atom. The molecular formula is C16H21N3OS. The van der Waals surface area contributed by atoms with Crippen molar-refractivity contribution in [3.63, 3.8) is 0 Å². The molecule has 0 radical (unpaired) electrons. The van der Waals surface area contributed by atoms with E-state index in [2.05, 4.69) is 33.9 Å². The molecule has 112 valence electrons. The Balaban J connectivity index is 1.78. The van der Waals surface area contributed by atoms with Gasteiger partial charge < -0.3 is 15.8 Å². The van der Waals surface area contributed by atoms with Crippen molar-refractivity contribution < 1.29 is 4.74 Å². The summed E-state index contributed by atoms with van der Waals surface area (Å²) in [5.74, 6) is 0.490. The quantitative estimate of drug-likeness (QED) is 0.610. The first-order valence-electron chi connectivity index (χ1n) is 6.91. The molecule has 0 fully saturated rings. The van der Waals surface area contributed by atoms with Gasteiger partial charge >= 0.3 is 0 Å². The van der Waals surface area contributed by atoms with Crippen LogP contribution in [-0.2, 0) is 24.3 Å². The number of thiophene rings is 1. The number of hydrogen-bond donors (Lipinski definition) is 2. The van der Waals surface area contributed by atoms with Crippen LogP contribution in [0, 0.1) is 0 Å². The third kappa shape index (κ3) is 5.57. The highest BCUT2D eigenvalue weighted by molar-refractivity contribution is 7.09. The number of nitrogens with two attached hydrogens (primary N) is 1. The van der Waals surface area contributed by atoms with E-state index in [1.165, 1.54) is 4.88 Å². The molecule has 0 saturated heterocycles. The molecule has 2 aromatic rings. The van der Waals surface area contributed by atoms with Crippen molar-refractivity contribution in [2.24, 2.45) is 10.7 Å². The van der Waals surface area contributed by atoms with Gasteiger partial charge in [0.2, 0.25) is 0 Å². The van der Waals surface area contributed by atoms with Crippen molar-refractivity contribution in [2.45, 2.75) is 19.6 Å². The van der Waals surface area contributed by atoms with Gasteiger partial charge in [0.25, 0.3) is 0 Å². The summed E-state index contributed by atoms with van der Waals surface area (Å²) in [6, 6.07) is 12.4. The topological polar surface area (TPSA) is 59.6 Å². The van der Waals surface area contributed by atoms with Crippen LogP contribution < -0.4 is 11.1 Å². The first-order chi connectivity index (χ1) is 10.3. The fourth-order valence-electron chi connectivity index (χ4n) is 1.99. The third-order valence-electron chi connectivity index (χ3n) is 2.99. The number of methoxy groups -OCH3 is 1. The lowest BCUT2D eigenvalue weighted by Gasteiger charge is -2.06. The van der Waals surface area contributed by atoms with Crippen LogP contribution in [0.25, 0.3) is 0 Å². The largest absolute Gasteiger partial charge is 0.380 e. The van der Waals surface area contributed by atoms with Crippen LogP contribution in [0.15, 0.2) is 46.8 Å². The van der Waals surface area contributed by atoms with E-state index >= 15 is 0 Å². The van der Waals surface area contributed by atoms with Crippen molar-refractivity contribution in [3.05, 3.63) is 57.8 Å². The maximum absolute atomic E-state index is 5.88. The standard InChI is InChI=1S/C16H21N3OS/c1-20-12-14-5-2-4-13(10-14)11-19-16(17)18-8-7-15-6-3-9-21-15/h2-6,9-10H,7-8,11-12H2,1H3,(H3,17,18,19). The number of ether oxygens (including phenoxy) is 1. The van der Waals surface area contributed by atoms with Crippen LogP contribution in [0.1, 0.15) is 16.0 Å². The molecule has 5 heteroatoms. The molecule has 0 atom stereocenters. The molecule has 2 rings (SSSR count). The number of nitrogens with zero attached hydrogens (tertiary/aromatic N) is 1. The van der Waals surface area contributed by atoms with Crippen LogP contribution in [0.2, 0.25) is 0 Å². The lowest BCUT2D eigenvalue weighted by molar-refractivity contribution is 0.185. The summed E-state index contributed by atoms with van der Waals surface area (Å²) in [6.07, 6.45) is 0.969. The Kier molecular flexibility index (Phi) is 6.24. The van der Waals surface area contributed by atoms with Crippen LogP contribution in [0.4, 0.5) is 0 Å². The second-order valence-electron chi connectivity index (χ2n) is 4.71. The summed E-state index contributed by atoms with van der Waals surface area (Å²) < 4.78 is 5.13. The van der Waals surface area contributed by atoms with Crippen LogP contribution in [0.3, 0.4) is 0 Å². The molecule has 0 aliphatic heterocycles. The number of guanidine groups is 1. The normalized spacial score (nSPS) is 11.6. The monoisotopic (exact) mass is 303 g/mol. The third-order valence-corrected chi connectivity index (χ3v) is 3.93. The van der Waals surface area contributed by atoms with Crippen molar-refractivity contribution in [3.8, 4) is 0 Å². The van der Waals surface area contributed by atoms with E-state index in [1.54, 1.807) is 18.4 Å². The summed E-state index contributed by atoms with van der Waals surface area (Å²) in [5, 5.41) is 5.22. The van der Waals surface area contributed by atoms with Gasteiger partial charge in [-0.1, -0.05) is 30.3 Å². The first kappa shape index (κ1) is 15.5. The minimum absolute atomic E-state index is 0.490. The lowest BCUT2D eigenvalue weighted by Crippen LogP contribution is -2.33. The SMILES string of the molecule is COCc1cccc(CN=C(N)NCCc2cccs2)c1. The van der Waals surface area contributed by atoms with Gasteiger partial charge in [-0.3, -0.25) is 0 Å². The van der Waals surface area contributed by atoms with Gasteiger partial charge in [-0.15, -0.1) is 11.3 Å². The number of hydrogen-bond acceptors (Lipinski definition) is 3. The van der Waals surface area contributed by atoms with E-state index in [-0.39, 0.29) is 0 Å². The summed E-state index contributed by atoms with van der Waals surface area (Å²) >= 11 is 1.76. The zero-order valence-electron chi connectivity index (χ0n) is 12.2. The zero-order chi connectivity index (χ0) is 14.9. The fourth-order valence-corrected chi connectivity index (χ4v) is 2.69. The van der Waals surface area contributed by atoms with Crippen LogP contribution in [0.5, 0.6) is 0 Å². The second-order valence-corrected chi connectivity index (χ2v) is 5.74. The van der Waals surface area contributed by atoms with Crippen molar-refractivity contribution in [1.82, 2.24) is 5.32 Å². The highest BCUT2D eigenvalue weighted by Gasteiger charge is 1.97. The van der Waals surface area contributed by atoms with E-state index in [0.717, 1.165) is 24.1 Å². The Bertz CT molecular complexity index is 567. The molecule has 3 N–H and O–H groups in total. The first-order valence-corrected chi connectivity index (χ1v) is 7.79. The van der Waals surface area contributed by atoms with E-state index in [1.807, 2.05) is 18.2 Å². The molecule has 0 amide bonds. The molecule has 1 aromatic carbocycles. The van der Waals surface area contributed by atoms with E-state index < -0.39 is 0 Å².